The zero-order valence-electron chi connectivity index (χ0n) is 14.5. The molecule has 0 saturated carbocycles. The quantitative estimate of drug-likeness (QED) is 0.848. The first-order valence-electron chi connectivity index (χ1n) is 8.83. The average molecular weight is 356 g/mol. The lowest BCUT2D eigenvalue weighted by atomic mass is 9.96. The van der Waals surface area contributed by atoms with E-state index in [4.69, 9.17) is 9.47 Å². The maximum atomic E-state index is 5.62. The van der Waals surface area contributed by atoms with Crippen LogP contribution >= 0.6 is 11.8 Å². The van der Waals surface area contributed by atoms with Gasteiger partial charge in [-0.3, -0.25) is 4.90 Å². The Morgan fingerprint density at radius 2 is 1.76 bits per heavy atom. The van der Waals surface area contributed by atoms with Crippen LogP contribution in [0.2, 0.25) is 0 Å². The van der Waals surface area contributed by atoms with Crippen molar-refractivity contribution >= 4 is 11.8 Å². The molecule has 4 nitrogen and oxygen atoms in total. The molecule has 0 aliphatic carbocycles. The SMILES string of the molecule is CSc1ccc(C(c2ccc3c(c2)OCO3)N2CCCNCC2)cc1. The first kappa shape index (κ1) is 16.8. The summed E-state index contributed by atoms with van der Waals surface area (Å²) in [6.07, 6.45) is 3.29. The highest BCUT2D eigenvalue weighted by Gasteiger charge is 2.25. The molecule has 0 amide bonds. The van der Waals surface area contributed by atoms with E-state index in [0.29, 0.717) is 6.79 Å². The van der Waals surface area contributed by atoms with Crippen molar-refractivity contribution in [2.75, 3.05) is 39.2 Å². The van der Waals surface area contributed by atoms with Crippen molar-refractivity contribution in [3.05, 3.63) is 53.6 Å². The Balaban J connectivity index is 1.71. The number of thioether (sulfide) groups is 1. The van der Waals surface area contributed by atoms with E-state index in [-0.39, 0.29) is 6.04 Å². The smallest absolute Gasteiger partial charge is 0.231 e. The number of benzene rings is 2. The van der Waals surface area contributed by atoms with Gasteiger partial charge in [0.05, 0.1) is 6.04 Å². The molecule has 2 aliphatic heterocycles. The molecule has 1 saturated heterocycles. The minimum Gasteiger partial charge on any atom is -0.454 e. The predicted octanol–water partition coefficient (Wildman–Crippen LogP) is 3.52. The Morgan fingerprint density at radius 1 is 0.960 bits per heavy atom. The summed E-state index contributed by atoms with van der Waals surface area (Å²) in [6, 6.07) is 15.6. The zero-order chi connectivity index (χ0) is 17.1. The highest BCUT2D eigenvalue weighted by Crippen LogP contribution is 2.38. The first-order chi connectivity index (χ1) is 12.3. The van der Waals surface area contributed by atoms with Crippen LogP contribution in [0.4, 0.5) is 0 Å². The number of nitrogens with one attached hydrogen (secondary N) is 1. The highest BCUT2D eigenvalue weighted by molar-refractivity contribution is 7.98. The van der Waals surface area contributed by atoms with Crippen LogP contribution < -0.4 is 14.8 Å². The standard InChI is InChI=1S/C20H24N2O2S/c1-25-17-6-3-15(4-7-17)20(22-11-2-9-21-10-12-22)16-5-8-18-19(13-16)24-14-23-18/h3-8,13,20-21H,2,9-12,14H2,1H3. The van der Waals surface area contributed by atoms with Crippen molar-refractivity contribution in [2.24, 2.45) is 0 Å². The minimum atomic E-state index is 0.241. The summed E-state index contributed by atoms with van der Waals surface area (Å²) in [5.41, 5.74) is 2.60. The molecule has 1 N–H and O–H groups in total. The molecule has 1 fully saturated rings. The number of ether oxygens (including phenoxy) is 2. The molecule has 1 unspecified atom stereocenters. The molecule has 25 heavy (non-hydrogen) atoms. The molecule has 132 valence electrons. The molecule has 0 bridgehead atoms. The average Bonchev–Trinajstić information content (AvgIpc) is 2.96. The van der Waals surface area contributed by atoms with Crippen LogP contribution in [0, 0.1) is 0 Å². The van der Waals surface area contributed by atoms with E-state index in [1.54, 1.807) is 11.8 Å². The Hall–Kier alpha value is -1.69. The van der Waals surface area contributed by atoms with Crippen molar-refractivity contribution in [1.82, 2.24) is 10.2 Å². The monoisotopic (exact) mass is 356 g/mol. The third-order valence-electron chi connectivity index (χ3n) is 4.88. The molecular formula is C20H24N2O2S. The molecule has 5 heteroatoms. The Bertz CT molecular complexity index is 712. The van der Waals surface area contributed by atoms with Gasteiger partial charge < -0.3 is 14.8 Å². The topological polar surface area (TPSA) is 33.7 Å². The van der Waals surface area contributed by atoms with Crippen LogP contribution in [0.25, 0.3) is 0 Å². The number of hydrogen-bond acceptors (Lipinski definition) is 5. The Morgan fingerprint density at radius 3 is 2.60 bits per heavy atom. The van der Waals surface area contributed by atoms with Crippen molar-refractivity contribution in [3.8, 4) is 11.5 Å². The second kappa shape index (κ2) is 7.68. The third kappa shape index (κ3) is 3.64. The number of nitrogens with zero attached hydrogens (tertiary/aromatic N) is 1. The summed E-state index contributed by atoms with van der Waals surface area (Å²) < 4.78 is 11.1. The summed E-state index contributed by atoms with van der Waals surface area (Å²) >= 11 is 1.78. The van der Waals surface area contributed by atoms with Gasteiger partial charge in [-0.15, -0.1) is 11.8 Å². The Kier molecular flexibility index (Phi) is 5.15. The molecule has 0 aromatic heterocycles. The fourth-order valence-corrected chi connectivity index (χ4v) is 4.02. The van der Waals surface area contributed by atoms with Crippen molar-refractivity contribution < 1.29 is 9.47 Å². The Labute approximate surface area is 153 Å². The van der Waals surface area contributed by atoms with Crippen LogP contribution in [0.1, 0.15) is 23.6 Å². The lowest BCUT2D eigenvalue weighted by Crippen LogP contribution is -2.33. The first-order valence-corrected chi connectivity index (χ1v) is 10.1. The second-order valence-corrected chi connectivity index (χ2v) is 7.31. The normalized spacial score (nSPS) is 18.8. The van der Waals surface area contributed by atoms with Crippen molar-refractivity contribution in [3.63, 3.8) is 0 Å². The van der Waals surface area contributed by atoms with E-state index >= 15 is 0 Å². The van der Waals surface area contributed by atoms with Crippen LogP contribution in [-0.4, -0.2) is 44.1 Å². The van der Waals surface area contributed by atoms with E-state index in [1.165, 1.54) is 22.4 Å². The fraction of sp³-hybridized carbons (Fsp3) is 0.400. The van der Waals surface area contributed by atoms with E-state index in [1.807, 2.05) is 6.07 Å². The number of fused-ring (bicyclic) bond motifs is 1. The lowest BCUT2D eigenvalue weighted by molar-refractivity contribution is 0.173. The van der Waals surface area contributed by atoms with Crippen LogP contribution in [0.5, 0.6) is 11.5 Å². The number of rotatable bonds is 4. The van der Waals surface area contributed by atoms with Gasteiger partial charge in [-0.05, 0) is 54.6 Å². The van der Waals surface area contributed by atoms with Crippen LogP contribution in [0.3, 0.4) is 0 Å². The maximum absolute atomic E-state index is 5.62. The third-order valence-corrected chi connectivity index (χ3v) is 5.63. The molecule has 0 radical (unpaired) electrons. The van der Waals surface area contributed by atoms with Gasteiger partial charge in [-0.25, -0.2) is 0 Å². The molecule has 1 atom stereocenters. The highest BCUT2D eigenvalue weighted by atomic mass is 32.2. The number of hydrogen-bond donors (Lipinski definition) is 1. The molecule has 2 heterocycles. The molecule has 0 spiro atoms. The lowest BCUT2D eigenvalue weighted by Gasteiger charge is -2.31. The van der Waals surface area contributed by atoms with Gasteiger partial charge >= 0.3 is 0 Å². The zero-order valence-corrected chi connectivity index (χ0v) is 15.3. The van der Waals surface area contributed by atoms with E-state index in [0.717, 1.165) is 37.7 Å². The van der Waals surface area contributed by atoms with Gasteiger partial charge in [0.15, 0.2) is 11.5 Å². The van der Waals surface area contributed by atoms with E-state index in [9.17, 15) is 0 Å². The van der Waals surface area contributed by atoms with Gasteiger partial charge in [0.25, 0.3) is 0 Å². The molecular weight excluding hydrogens is 332 g/mol. The van der Waals surface area contributed by atoms with Gasteiger partial charge in [0.2, 0.25) is 6.79 Å². The largest absolute Gasteiger partial charge is 0.454 e. The second-order valence-electron chi connectivity index (χ2n) is 6.43. The molecule has 2 aromatic rings. The predicted molar refractivity (Wildman–Crippen MR) is 102 cm³/mol. The summed E-state index contributed by atoms with van der Waals surface area (Å²) in [7, 11) is 0. The van der Waals surface area contributed by atoms with E-state index < -0.39 is 0 Å². The maximum Gasteiger partial charge on any atom is 0.231 e. The van der Waals surface area contributed by atoms with Crippen molar-refractivity contribution in [2.45, 2.75) is 17.4 Å². The fourth-order valence-electron chi connectivity index (χ4n) is 3.61. The summed E-state index contributed by atoms with van der Waals surface area (Å²) in [4.78, 5) is 3.87. The van der Waals surface area contributed by atoms with Gasteiger partial charge in [0, 0.05) is 24.5 Å². The molecule has 2 aromatic carbocycles. The van der Waals surface area contributed by atoms with Crippen LogP contribution in [-0.2, 0) is 0 Å². The van der Waals surface area contributed by atoms with Gasteiger partial charge in [0.1, 0.15) is 0 Å². The van der Waals surface area contributed by atoms with Crippen LogP contribution in [0.15, 0.2) is 47.4 Å². The summed E-state index contributed by atoms with van der Waals surface area (Å²) in [5, 5.41) is 3.51. The summed E-state index contributed by atoms with van der Waals surface area (Å²) in [5.74, 6) is 1.70. The molecule has 2 aliphatic rings. The van der Waals surface area contributed by atoms with Gasteiger partial charge in [-0.2, -0.15) is 0 Å². The van der Waals surface area contributed by atoms with Gasteiger partial charge in [-0.1, -0.05) is 18.2 Å². The summed E-state index contributed by atoms with van der Waals surface area (Å²) in [6.45, 7) is 4.58. The minimum absolute atomic E-state index is 0.241. The van der Waals surface area contributed by atoms with Crippen molar-refractivity contribution in [1.29, 1.82) is 0 Å². The molecule has 4 rings (SSSR count). The van der Waals surface area contributed by atoms with E-state index in [2.05, 4.69) is 52.9 Å².